The van der Waals surface area contributed by atoms with Crippen LogP contribution in [0.4, 0.5) is 10.5 Å². The lowest BCUT2D eigenvalue weighted by Gasteiger charge is -2.26. The van der Waals surface area contributed by atoms with Crippen LogP contribution >= 0.6 is 23.2 Å². The number of hydrogen-bond acceptors (Lipinski definition) is 4. The highest BCUT2D eigenvalue weighted by Crippen LogP contribution is 2.29. The van der Waals surface area contributed by atoms with E-state index in [-0.39, 0.29) is 11.3 Å². The van der Waals surface area contributed by atoms with Crippen molar-refractivity contribution >= 4 is 52.8 Å². The molecular weight excluding hydrogens is 451 g/mol. The standard InChI is InChI=1S/C24H24Cl2N2O4/c1-3-4-5-6-11-32-21-10-8-17(25)12-16(21)13-19-22(29)27-24(31)28(23(19)30)18-9-7-15(2)20(26)14-18/h7-10,12-14H,3-6,11H2,1-2H3,(H,27,29,31)/b19-13+. The largest absolute Gasteiger partial charge is 0.493 e. The molecule has 1 saturated heterocycles. The number of carbonyl (C=O) groups excluding carboxylic acids is 3. The molecule has 8 heteroatoms. The number of ether oxygens (including phenoxy) is 1. The van der Waals surface area contributed by atoms with Gasteiger partial charge in [0.1, 0.15) is 11.3 Å². The van der Waals surface area contributed by atoms with E-state index in [1.807, 2.05) is 6.92 Å². The van der Waals surface area contributed by atoms with E-state index in [1.54, 1.807) is 30.3 Å². The third-order valence-corrected chi connectivity index (χ3v) is 5.68. The molecule has 32 heavy (non-hydrogen) atoms. The number of imide groups is 2. The number of unbranched alkanes of at least 4 members (excludes halogenated alkanes) is 3. The SMILES string of the molecule is CCCCCCOc1ccc(Cl)cc1/C=C1\C(=O)NC(=O)N(c2ccc(C)c(Cl)c2)C1=O. The molecule has 168 valence electrons. The first-order valence-electron chi connectivity index (χ1n) is 10.4. The number of benzene rings is 2. The van der Waals surface area contributed by atoms with E-state index in [0.717, 1.165) is 36.1 Å². The fourth-order valence-electron chi connectivity index (χ4n) is 3.24. The summed E-state index contributed by atoms with van der Waals surface area (Å²) in [5, 5.41) is 3.03. The molecule has 1 heterocycles. The number of anilines is 1. The maximum Gasteiger partial charge on any atom is 0.335 e. The van der Waals surface area contributed by atoms with E-state index >= 15 is 0 Å². The molecule has 0 bridgehead atoms. The molecule has 1 N–H and O–H groups in total. The molecule has 4 amide bonds. The lowest BCUT2D eigenvalue weighted by atomic mass is 10.1. The van der Waals surface area contributed by atoms with Crippen LogP contribution < -0.4 is 15.0 Å². The smallest absolute Gasteiger partial charge is 0.335 e. The van der Waals surface area contributed by atoms with Crippen molar-refractivity contribution < 1.29 is 19.1 Å². The van der Waals surface area contributed by atoms with Gasteiger partial charge in [0.05, 0.1) is 12.3 Å². The molecule has 3 rings (SSSR count). The number of hydrogen-bond donors (Lipinski definition) is 1. The number of nitrogens with one attached hydrogen (secondary N) is 1. The topological polar surface area (TPSA) is 75.7 Å². The molecule has 0 atom stereocenters. The molecule has 0 radical (unpaired) electrons. The van der Waals surface area contributed by atoms with Gasteiger partial charge in [-0.05, 0) is 55.3 Å². The van der Waals surface area contributed by atoms with Crippen molar-refractivity contribution in [1.29, 1.82) is 0 Å². The highest BCUT2D eigenvalue weighted by molar-refractivity contribution is 6.39. The van der Waals surface area contributed by atoms with Gasteiger partial charge in [-0.3, -0.25) is 14.9 Å². The zero-order valence-electron chi connectivity index (χ0n) is 17.9. The van der Waals surface area contributed by atoms with E-state index in [9.17, 15) is 14.4 Å². The van der Waals surface area contributed by atoms with E-state index in [1.165, 1.54) is 12.1 Å². The molecule has 1 aliphatic rings. The second-order valence-corrected chi connectivity index (χ2v) is 8.33. The maximum absolute atomic E-state index is 13.1. The summed E-state index contributed by atoms with van der Waals surface area (Å²) in [6.45, 7) is 4.45. The average molecular weight is 475 g/mol. The number of carbonyl (C=O) groups is 3. The Bertz CT molecular complexity index is 1080. The zero-order chi connectivity index (χ0) is 23.3. The molecule has 0 aliphatic carbocycles. The number of halogens is 2. The minimum atomic E-state index is -0.837. The van der Waals surface area contributed by atoms with Crippen molar-refractivity contribution in [3.63, 3.8) is 0 Å². The van der Waals surface area contributed by atoms with Crippen molar-refractivity contribution in [3.8, 4) is 5.75 Å². The normalized spacial score (nSPS) is 15.3. The van der Waals surface area contributed by atoms with Gasteiger partial charge in [-0.25, -0.2) is 9.69 Å². The maximum atomic E-state index is 13.1. The molecule has 1 aliphatic heterocycles. The Hall–Kier alpha value is -2.83. The third-order valence-electron chi connectivity index (χ3n) is 5.04. The lowest BCUT2D eigenvalue weighted by Crippen LogP contribution is -2.54. The van der Waals surface area contributed by atoms with Crippen LogP contribution in [0, 0.1) is 6.92 Å². The number of barbiturate groups is 1. The Labute approximate surface area is 197 Å². The highest BCUT2D eigenvalue weighted by Gasteiger charge is 2.37. The molecule has 0 aromatic heterocycles. The lowest BCUT2D eigenvalue weighted by molar-refractivity contribution is -0.122. The fourth-order valence-corrected chi connectivity index (χ4v) is 3.60. The highest BCUT2D eigenvalue weighted by atomic mass is 35.5. The van der Waals surface area contributed by atoms with Gasteiger partial charge in [0.15, 0.2) is 0 Å². The van der Waals surface area contributed by atoms with Crippen molar-refractivity contribution in [3.05, 3.63) is 63.1 Å². The van der Waals surface area contributed by atoms with Crippen LogP contribution in [-0.4, -0.2) is 24.5 Å². The molecule has 0 saturated carbocycles. The molecule has 2 aromatic carbocycles. The van der Waals surface area contributed by atoms with Crippen molar-refractivity contribution in [2.75, 3.05) is 11.5 Å². The summed E-state index contributed by atoms with van der Waals surface area (Å²) in [4.78, 5) is 38.9. The molecule has 6 nitrogen and oxygen atoms in total. The first kappa shape index (κ1) is 23.8. The number of aryl methyl sites for hydroxylation is 1. The Morgan fingerprint density at radius 2 is 1.81 bits per heavy atom. The summed E-state index contributed by atoms with van der Waals surface area (Å²) in [7, 11) is 0. The van der Waals surface area contributed by atoms with E-state index in [0.29, 0.717) is 28.0 Å². The molecule has 2 aromatic rings. The summed E-state index contributed by atoms with van der Waals surface area (Å²) in [5.74, 6) is -1.04. The van der Waals surface area contributed by atoms with Crippen LogP contribution in [0.15, 0.2) is 42.0 Å². The van der Waals surface area contributed by atoms with Gasteiger partial charge in [-0.1, -0.05) is 55.5 Å². The third kappa shape index (κ3) is 5.50. The summed E-state index contributed by atoms with van der Waals surface area (Å²) in [6.07, 6.45) is 5.58. The van der Waals surface area contributed by atoms with Gasteiger partial charge < -0.3 is 4.74 Å². The van der Waals surface area contributed by atoms with E-state index in [2.05, 4.69) is 12.2 Å². The first-order chi connectivity index (χ1) is 15.3. The summed E-state index contributed by atoms with van der Waals surface area (Å²) in [6, 6.07) is 8.94. The van der Waals surface area contributed by atoms with Crippen LogP contribution in [0.25, 0.3) is 6.08 Å². The van der Waals surface area contributed by atoms with E-state index in [4.69, 9.17) is 27.9 Å². The van der Waals surface area contributed by atoms with E-state index < -0.39 is 17.8 Å². The monoisotopic (exact) mass is 474 g/mol. The van der Waals surface area contributed by atoms with Crippen molar-refractivity contribution in [2.24, 2.45) is 0 Å². The Morgan fingerprint density at radius 1 is 1.03 bits per heavy atom. The van der Waals surface area contributed by atoms with Crippen LogP contribution in [0.2, 0.25) is 10.0 Å². The summed E-state index contributed by atoms with van der Waals surface area (Å²) in [5.41, 5.74) is 1.33. The van der Waals surface area contributed by atoms with Gasteiger partial charge in [-0.2, -0.15) is 0 Å². The molecule has 1 fully saturated rings. The molecule has 0 spiro atoms. The van der Waals surface area contributed by atoms with Crippen LogP contribution in [-0.2, 0) is 9.59 Å². The van der Waals surface area contributed by atoms with Crippen LogP contribution in [0.1, 0.15) is 43.7 Å². The van der Waals surface area contributed by atoms with Gasteiger partial charge in [0.2, 0.25) is 0 Å². The van der Waals surface area contributed by atoms with Gasteiger partial charge in [0, 0.05) is 15.6 Å². The van der Waals surface area contributed by atoms with Gasteiger partial charge in [-0.15, -0.1) is 0 Å². The van der Waals surface area contributed by atoms with Crippen molar-refractivity contribution in [2.45, 2.75) is 39.5 Å². The second kappa shape index (κ2) is 10.7. The second-order valence-electron chi connectivity index (χ2n) is 7.48. The average Bonchev–Trinajstić information content (AvgIpc) is 2.74. The zero-order valence-corrected chi connectivity index (χ0v) is 19.4. The Kier molecular flexibility index (Phi) is 7.94. The first-order valence-corrected chi connectivity index (χ1v) is 11.2. The summed E-state index contributed by atoms with van der Waals surface area (Å²) >= 11 is 12.3. The van der Waals surface area contributed by atoms with Crippen LogP contribution in [0.3, 0.4) is 0 Å². The fraction of sp³-hybridized carbons (Fsp3) is 0.292. The van der Waals surface area contributed by atoms with Gasteiger partial charge >= 0.3 is 6.03 Å². The molecular formula is C24H24Cl2N2O4. The minimum Gasteiger partial charge on any atom is -0.493 e. The Balaban J connectivity index is 1.92. The number of rotatable bonds is 8. The van der Waals surface area contributed by atoms with Crippen molar-refractivity contribution in [1.82, 2.24) is 5.32 Å². The number of urea groups is 1. The minimum absolute atomic E-state index is 0.209. The quantitative estimate of drug-likeness (QED) is 0.292. The van der Waals surface area contributed by atoms with Crippen LogP contribution in [0.5, 0.6) is 5.75 Å². The number of nitrogens with zero attached hydrogens (tertiary/aromatic N) is 1. The summed E-state index contributed by atoms with van der Waals surface area (Å²) < 4.78 is 5.87. The predicted molar refractivity (Wildman–Crippen MR) is 126 cm³/mol. The molecule has 0 unspecified atom stereocenters. The predicted octanol–water partition coefficient (Wildman–Crippen LogP) is 5.93. The Morgan fingerprint density at radius 3 is 2.53 bits per heavy atom. The van der Waals surface area contributed by atoms with Gasteiger partial charge in [0.25, 0.3) is 11.8 Å². The number of amides is 4.